The van der Waals surface area contributed by atoms with E-state index in [0.29, 0.717) is 17.7 Å². The minimum atomic E-state index is -4.89. The second-order valence-corrected chi connectivity index (χ2v) is 9.47. The number of aromatic nitrogens is 3. The average molecular weight is 543 g/mol. The molecule has 0 saturated heterocycles. The van der Waals surface area contributed by atoms with Crippen molar-refractivity contribution in [3.05, 3.63) is 70.8 Å². The molecule has 4 rings (SSSR count). The van der Waals surface area contributed by atoms with Gasteiger partial charge in [0.25, 0.3) is 5.91 Å². The van der Waals surface area contributed by atoms with Gasteiger partial charge in [-0.2, -0.15) is 18.3 Å². The van der Waals surface area contributed by atoms with Crippen LogP contribution in [-0.4, -0.2) is 37.3 Å². The molecule has 2 N–H and O–H groups in total. The highest BCUT2D eigenvalue weighted by Crippen LogP contribution is 2.45. The van der Waals surface area contributed by atoms with Crippen molar-refractivity contribution >= 4 is 17.5 Å². The molecule has 198 valence electrons. The minimum absolute atomic E-state index is 0.333. The fourth-order valence-electron chi connectivity index (χ4n) is 4.47. The molecular weight excluding hydrogens is 519 g/mol. The van der Waals surface area contributed by atoms with E-state index in [1.807, 2.05) is 6.92 Å². The molecule has 1 saturated carbocycles. The number of amides is 1. The largest absolute Gasteiger partial charge is 0.434 e. The van der Waals surface area contributed by atoms with E-state index in [0.717, 1.165) is 17.8 Å². The summed E-state index contributed by atoms with van der Waals surface area (Å²) in [6.45, 7) is 2.56. The van der Waals surface area contributed by atoms with Gasteiger partial charge in [-0.1, -0.05) is 29.8 Å². The monoisotopic (exact) mass is 542 g/mol. The van der Waals surface area contributed by atoms with Crippen LogP contribution in [0.15, 0.2) is 48.9 Å². The van der Waals surface area contributed by atoms with Crippen LogP contribution >= 0.6 is 11.6 Å². The number of carbonyl (C=O) groups excluding carboxylic acids is 1. The summed E-state index contributed by atoms with van der Waals surface area (Å²) in [6.07, 6.45) is -2.51. The summed E-state index contributed by atoms with van der Waals surface area (Å²) in [5, 5.41) is 17.4. The van der Waals surface area contributed by atoms with Crippen molar-refractivity contribution in [3.8, 4) is 11.1 Å². The summed E-state index contributed by atoms with van der Waals surface area (Å²) in [6, 6.07) is 6.57. The van der Waals surface area contributed by atoms with Crippen LogP contribution in [0.3, 0.4) is 0 Å². The zero-order valence-corrected chi connectivity index (χ0v) is 20.5. The first-order valence-corrected chi connectivity index (χ1v) is 12.0. The van der Waals surface area contributed by atoms with E-state index in [2.05, 4.69) is 15.4 Å². The molecule has 3 aromatic rings. The summed E-state index contributed by atoms with van der Waals surface area (Å²) in [5.74, 6) is -3.97. The van der Waals surface area contributed by atoms with Gasteiger partial charge in [-0.3, -0.25) is 14.5 Å². The van der Waals surface area contributed by atoms with Crippen LogP contribution in [0.1, 0.15) is 60.3 Å². The molecule has 1 amide bonds. The van der Waals surface area contributed by atoms with Gasteiger partial charge in [0, 0.05) is 37.3 Å². The third-order valence-corrected chi connectivity index (χ3v) is 6.96. The van der Waals surface area contributed by atoms with Gasteiger partial charge in [0.05, 0.1) is 28.4 Å². The molecule has 12 heteroatoms. The Morgan fingerprint density at radius 2 is 1.89 bits per heavy atom. The summed E-state index contributed by atoms with van der Waals surface area (Å²) in [4.78, 5) is 16.4. The molecule has 6 nitrogen and oxygen atoms in total. The first-order chi connectivity index (χ1) is 17.3. The van der Waals surface area contributed by atoms with Crippen molar-refractivity contribution in [2.24, 2.45) is 0 Å². The third-order valence-electron chi connectivity index (χ3n) is 6.57. The molecule has 1 atom stereocenters. The Balaban J connectivity index is 1.73. The SMILES string of the molecule is CCn1cc(-c2cccc(C(NC(=O)c3ccnc(C(F)(F)F)c3Cl)C3(O)CCC(F)(F)CC3)c2)cn1. The van der Waals surface area contributed by atoms with Crippen molar-refractivity contribution < 1.29 is 31.9 Å². The Morgan fingerprint density at radius 3 is 2.51 bits per heavy atom. The Kier molecular flexibility index (Phi) is 7.31. The quantitative estimate of drug-likeness (QED) is 0.372. The van der Waals surface area contributed by atoms with Crippen molar-refractivity contribution in [1.82, 2.24) is 20.1 Å². The van der Waals surface area contributed by atoms with Crippen molar-refractivity contribution in [2.75, 3.05) is 0 Å². The number of hydrogen-bond donors (Lipinski definition) is 2. The third kappa shape index (κ3) is 5.77. The molecule has 0 radical (unpaired) electrons. The average Bonchev–Trinajstić information content (AvgIpc) is 3.33. The van der Waals surface area contributed by atoms with Crippen molar-refractivity contribution in [1.29, 1.82) is 0 Å². The fourth-order valence-corrected chi connectivity index (χ4v) is 4.78. The van der Waals surface area contributed by atoms with Gasteiger partial charge in [0.15, 0.2) is 5.69 Å². The molecule has 1 fully saturated rings. The Hall–Kier alpha value is -3.05. The lowest BCUT2D eigenvalue weighted by Crippen LogP contribution is -2.50. The summed E-state index contributed by atoms with van der Waals surface area (Å²) < 4.78 is 69.4. The molecule has 0 bridgehead atoms. The van der Waals surface area contributed by atoms with E-state index in [1.54, 1.807) is 41.3 Å². The van der Waals surface area contributed by atoms with Crippen LogP contribution in [-0.2, 0) is 12.7 Å². The van der Waals surface area contributed by atoms with E-state index in [1.165, 1.54) is 0 Å². The van der Waals surface area contributed by atoms with E-state index in [-0.39, 0.29) is 12.8 Å². The van der Waals surface area contributed by atoms with E-state index in [9.17, 15) is 31.9 Å². The molecular formula is C25H24ClF5N4O2. The van der Waals surface area contributed by atoms with Crippen LogP contribution in [0, 0.1) is 0 Å². The molecule has 1 aliphatic carbocycles. The number of nitrogens with one attached hydrogen (secondary N) is 1. The van der Waals surface area contributed by atoms with Gasteiger partial charge in [-0.15, -0.1) is 0 Å². The standard InChI is InChI=1S/C25H24ClF5N4O2/c1-2-35-14-17(13-33-35)15-4-3-5-16(12-15)20(23(37)7-9-24(27,28)10-8-23)34-22(36)18-6-11-32-21(19(18)26)25(29,30)31/h3-6,11-14,20,37H,2,7-10H2,1H3,(H,34,36). The van der Waals surface area contributed by atoms with Gasteiger partial charge in [0.2, 0.25) is 5.92 Å². The molecule has 2 heterocycles. The normalized spacial score (nSPS) is 17.8. The summed E-state index contributed by atoms with van der Waals surface area (Å²) >= 11 is 5.88. The lowest BCUT2D eigenvalue weighted by Gasteiger charge is -2.42. The molecule has 0 spiro atoms. The second-order valence-electron chi connectivity index (χ2n) is 9.10. The predicted octanol–water partition coefficient (Wildman–Crippen LogP) is 6.05. The van der Waals surface area contributed by atoms with Gasteiger partial charge in [-0.25, -0.2) is 8.78 Å². The number of aryl methyl sites for hydroxylation is 1. The van der Waals surface area contributed by atoms with Crippen LogP contribution in [0.5, 0.6) is 0 Å². The summed E-state index contributed by atoms with van der Waals surface area (Å²) in [7, 11) is 0. The van der Waals surface area contributed by atoms with Crippen molar-refractivity contribution in [2.45, 2.75) is 62.9 Å². The number of carbonyl (C=O) groups is 1. The highest BCUT2D eigenvalue weighted by Gasteiger charge is 2.48. The van der Waals surface area contributed by atoms with Crippen LogP contribution < -0.4 is 5.32 Å². The van der Waals surface area contributed by atoms with Gasteiger partial charge in [0.1, 0.15) is 0 Å². The lowest BCUT2D eigenvalue weighted by molar-refractivity contribution is -0.141. The van der Waals surface area contributed by atoms with Crippen LogP contribution in [0.2, 0.25) is 5.02 Å². The topological polar surface area (TPSA) is 80.0 Å². The number of nitrogens with zero attached hydrogens (tertiary/aromatic N) is 3. The van der Waals surface area contributed by atoms with E-state index < -0.39 is 58.8 Å². The van der Waals surface area contributed by atoms with E-state index in [4.69, 9.17) is 11.6 Å². The molecule has 1 aliphatic rings. The maximum atomic E-state index is 13.9. The first-order valence-electron chi connectivity index (χ1n) is 11.6. The highest BCUT2D eigenvalue weighted by atomic mass is 35.5. The van der Waals surface area contributed by atoms with Crippen LogP contribution in [0.25, 0.3) is 11.1 Å². The number of pyridine rings is 1. The molecule has 0 aliphatic heterocycles. The molecule has 37 heavy (non-hydrogen) atoms. The Labute approximate surface area is 214 Å². The number of alkyl halides is 5. The van der Waals surface area contributed by atoms with Crippen LogP contribution in [0.4, 0.5) is 22.0 Å². The predicted molar refractivity (Wildman–Crippen MR) is 126 cm³/mol. The summed E-state index contributed by atoms with van der Waals surface area (Å²) in [5.41, 5.74) is -1.87. The first kappa shape index (κ1) is 27.0. The Bertz CT molecular complexity index is 1280. The van der Waals surface area contributed by atoms with Crippen molar-refractivity contribution in [3.63, 3.8) is 0 Å². The number of aliphatic hydroxyl groups is 1. The number of rotatable bonds is 6. The van der Waals surface area contributed by atoms with Gasteiger partial charge < -0.3 is 10.4 Å². The number of hydrogen-bond acceptors (Lipinski definition) is 4. The van der Waals surface area contributed by atoms with Gasteiger partial charge in [-0.05, 0) is 43.0 Å². The highest BCUT2D eigenvalue weighted by molar-refractivity contribution is 6.34. The zero-order valence-electron chi connectivity index (χ0n) is 19.7. The maximum Gasteiger partial charge on any atom is 0.434 e. The minimum Gasteiger partial charge on any atom is -0.387 e. The molecule has 2 aromatic heterocycles. The Morgan fingerprint density at radius 1 is 1.19 bits per heavy atom. The zero-order chi connectivity index (χ0) is 27.0. The van der Waals surface area contributed by atoms with E-state index >= 15 is 0 Å². The second kappa shape index (κ2) is 10.0. The molecule has 1 unspecified atom stereocenters. The molecule has 1 aromatic carbocycles. The number of benzene rings is 1. The fraction of sp³-hybridized carbons (Fsp3) is 0.400. The smallest absolute Gasteiger partial charge is 0.387 e. The maximum absolute atomic E-state index is 13.9. The van der Waals surface area contributed by atoms with Gasteiger partial charge >= 0.3 is 6.18 Å². The lowest BCUT2D eigenvalue weighted by atomic mass is 9.75. The number of halogens is 6.